The van der Waals surface area contributed by atoms with Crippen LogP contribution in [0, 0.1) is 11.7 Å². The molecule has 0 bridgehead atoms. The third kappa shape index (κ3) is 6.04. The van der Waals surface area contributed by atoms with Crippen LogP contribution in [0.4, 0.5) is 10.1 Å². The first-order valence-corrected chi connectivity index (χ1v) is 15.5. The summed E-state index contributed by atoms with van der Waals surface area (Å²) in [5.41, 5.74) is 4.49. The van der Waals surface area contributed by atoms with E-state index in [9.17, 15) is 34.7 Å². The van der Waals surface area contributed by atoms with Crippen molar-refractivity contribution in [2.24, 2.45) is 5.92 Å². The maximum Gasteiger partial charge on any atom is 0.233 e. The normalized spacial score (nSPS) is 26.9. The van der Waals surface area contributed by atoms with Gasteiger partial charge in [-0.25, -0.2) is 4.39 Å². The molecule has 0 aliphatic carbocycles. The van der Waals surface area contributed by atoms with Crippen LogP contribution in [-0.2, 0) is 9.53 Å². The average molecular weight is 628 g/mol. The maximum absolute atomic E-state index is 13.5. The van der Waals surface area contributed by atoms with E-state index in [1.165, 1.54) is 12.1 Å². The molecule has 240 valence electrons. The van der Waals surface area contributed by atoms with Crippen LogP contribution in [0.15, 0.2) is 97.1 Å². The Labute approximate surface area is 267 Å². The molecule has 6 rings (SSSR count). The predicted octanol–water partition coefficient (Wildman–Crippen LogP) is 5.00. The lowest BCUT2D eigenvalue weighted by Crippen LogP contribution is -2.55. The molecule has 2 fully saturated rings. The van der Waals surface area contributed by atoms with Gasteiger partial charge in [0.25, 0.3) is 0 Å². The molecular weight excluding hydrogens is 589 g/mol. The summed E-state index contributed by atoms with van der Waals surface area (Å²) in [6, 6.07) is 27.9. The Kier molecular flexibility index (Phi) is 9.22. The number of hydrogen-bond donors (Lipinski definition) is 5. The second-order valence-corrected chi connectivity index (χ2v) is 12.3. The molecule has 2 saturated heterocycles. The number of phenolic OH excluding ortho intramolecular Hbond substituents is 1. The molecule has 0 saturated carbocycles. The highest BCUT2D eigenvalue weighted by Gasteiger charge is 2.49. The number of carbonyl (C=O) groups excluding carboxylic acids is 1. The second-order valence-electron chi connectivity index (χ2n) is 12.3. The molecule has 5 N–H and O–H groups in total. The molecule has 4 aromatic rings. The van der Waals surface area contributed by atoms with E-state index in [0.29, 0.717) is 17.5 Å². The Morgan fingerprint density at radius 1 is 0.848 bits per heavy atom. The summed E-state index contributed by atoms with van der Waals surface area (Å²) >= 11 is 0. The minimum atomic E-state index is -1.47. The van der Waals surface area contributed by atoms with Gasteiger partial charge >= 0.3 is 0 Å². The monoisotopic (exact) mass is 627 g/mol. The fourth-order valence-corrected chi connectivity index (χ4v) is 6.67. The maximum atomic E-state index is 13.5. The molecule has 4 aromatic carbocycles. The Hall–Kier alpha value is -4.12. The van der Waals surface area contributed by atoms with Crippen LogP contribution in [0.1, 0.15) is 54.5 Å². The Balaban J connectivity index is 1.23. The zero-order chi connectivity index (χ0) is 32.5. The van der Waals surface area contributed by atoms with Crippen molar-refractivity contribution in [2.45, 2.75) is 62.2 Å². The standard InChI is InChI=1S/C37H38FNO7/c1-21(22-12-15-26(38)16-13-22)7-17-29-32(39(37(29)45)27-5-3-2-4-6-27)28-18-14-25(19-30(28)41)23-8-10-24(11-9-23)36-35(44)34(43)33(42)31(20-40)46-36/h2-6,8-16,18-19,21,29,31-36,40-44H,7,17,20H2,1H3/t21-,29+,31+,32+,33+,34-,35+,36?/m0/s1. The van der Waals surface area contributed by atoms with Crippen LogP contribution in [0.5, 0.6) is 5.75 Å². The van der Waals surface area contributed by atoms with E-state index in [0.717, 1.165) is 28.8 Å². The van der Waals surface area contributed by atoms with Gasteiger partial charge in [-0.05, 0) is 71.3 Å². The number of β-lactam (4-membered cyclic amide) rings is 1. The van der Waals surface area contributed by atoms with Crippen molar-refractivity contribution in [3.8, 4) is 16.9 Å². The van der Waals surface area contributed by atoms with E-state index in [4.69, 9.17) is 4.74 Å². The summed E-state index contributed by atoms with van der Waals surface area (Å²) < 4.78 is 19.1. The number of phenols is 1. The molecule has 9 heteroatoms. The van der Waals surface area contributed by atoms with Crippen LogP contribution < -0.4 is 4.90 Å². The number of benzene rings is 4. The number of carbonyl (C=O) groups is 1. The van der Waals surface area contributed by atoms with Gasteiger partial charge in [0, 0.05) is 11.3 Å². The molecule has 46 heavy (non-hydrogen) atoms. The first kappa shape index (κ1) is 31.8. The lowest BCUT2D eigenvalue weighted by molar-refractivity contribution is -0.231. The number of hydrogen-bond acceptors (Lipinski definition) is 7. The fraction of sp³-hybridized carbons (Fsp3) is 0.324. The van der Waals surface area contributed by atoms with Crippen molar-refractivity contribution in [1.29, 1.82) is 0 Å². The molecule has 0 spiro atoms. The van der Waals surface area contributed by atoms with Crippen LogP contribution in [0.2, 0.25) is 0 Å². The summed E-state index contributed by atoms with van der Waals surface area (Å²) in [6.07, 6.45) is -4.90. The van der Waals surface area contributed by atoms with Crippen LogP contribution in [0.3, 0.4) is 0 Å². The molecule has 1 amide bonds. The molecule has 8 nitrogen and oxygen atoms in total. The molecule has 2 heterocycles. The highest BCUT2D eigenvalue weighted by molar-refractivity contribution is 6.03. The Morgan fingerprint density at radius 3 is 2.17 bits per heavy atom. The van der Waals surface area contributed by atoms with Crippen molar-refractivity contribution in [3.05, 3.63) is 120 Å². The molecule has 2 aliphatic heterocycles. The topological polar surface area (TPSA) is 131 Å². The smallest absolute Gasteiger partial charge is 0.233 e. The van der Waals surface area contributed by atoms with Crippen LogP contribution >= 0.6 is 0 Å². The Morgan fingerprint density at radius 2 is 1.52 bits per heavy atom. The number of ether oxygens (including phenoxy) is 1. The lowest BCUT2D eigenvalue weighted by Gasteiger charge is -2.48. The number of aliphatic hydroxyl groups is 4. The third-order valence-corrected chi connectivity index (χ3v) is 9.41. The Bertz CT molecular complexity index is 1650. The number of aromatic hydroxyl groups is 1. The molecule has 8 atom stereocenters. The largest absolute Gasteiger partial charge is 0.508 e. The number of para-hydroxylation sites is 1. The van der Waals surface area contributed by atoms with E-state index >= 15 is 0 Å². The zero-order valence-corrected chi connectivity index (χ0v) is 25.4. The highest BCUT2D eigenvalue weighted by atomic mass is 19.1. The SMILES string of the molecule is C[C@@H](CC[C@H]1C(=O)N(c2ccccc2)[C@@H]1c1ccc(-c2ccc(C3O[C@H](CO)[C@@H](O)[C@H](O)[C@H]3O)cc2)cc1O)c1ccc(F)cc1. The lowest BCUT2D eigenvalue weighted by atomic mass is 9.76. The van der Waals surface area contributed by atoms with Gasteiger partial charge in [-0.2, -0.15) is 0 Å². The van der Waals surface area contributed by atoms with Gasteiger partial charge < -0.3 is 35.2 Å². The fourth-order valence-electron chi connectivity index (χ4n) is 6.67. The average Bonchev–Trinajstić information content (AvgIpc) is 3.07. The van der Waals surface area contributed by atoms with Crippen LogP contribution in [-0.4, -0.2) is 62.5 Å². The summed E-state index contributed by atoms with van der Waals surface area (Å²) in [5.74, 6) is -0.438. The molecule has 0 aromatic heterocycles. The first-order chi connectivity index (χ1) is 22.2. The van der Waals surface area contributed by atoms with E-state index < -0.39 is 37.1 Å². The van der Waals surface area contributed by atoms with Gasteiger partial charge in [0.2, 0.25) is 5.91 Å². The molecular formula is C37H38FNO7. The van der Waals surface area contributed by atoms with Gasteiger partial charge in [-0.15, -0.1) is 0 Å². The van der Waals surface area contributed by atoms with Gasteiger partial charge in [0.1, 0.15) is 42.1 Å². The van der Waals surface area contributed by atoms with Crippen molar-refractivity contribution in [2.75, 3.05) is 11.5 Å². The van der Waals surface area contributed by atoms with Gasteiger partial charge in [-0.1, -0.05) is 73.7 Å². The number of amides is 1. The van der Waals surface area contributed by atoms with E-state index in [-0.39, 0.29) is 35.4 Å². The van der Waals surface area contributed by atoms with Gasteiger partial charge in [0.05, 0.1) is 18.6 Å². The van der Waals surface area contributed by atoms with E-state index in [1.54, 1.807) is 47.4 Å². The summed E-state index contributed by atoms with van der Waals surface area (Å²) in [6.45, 7) is 1.56. The van der Waals surface area contributed by atoms with Crippen LogP contribution in [0.25, 0.3) is 11.1 Å². The number of rotatable bonds is 9. The van der Waals surface area contributed by atoms with Crippen molar-refractivity contribution >= 4 is 11.6 Å². The number of aliphatic hydroxyl groups excluding tert-OH is 4. The molecule has 1 unspecified atom stereocenters. The quantitative estimate of drug-likeness (QED) is 0.165. The number of nitrogens with zero attached hydrogens (tertiary/aromatic N) is 1. The first-order valence-electron chi connectivity index (χ1n) is 15.5. The predicted molar refractivity (Wildman–Crippen MR) is 170 cm³/mol. The molecule has 0 radical (unpaired) electrons. The van der Waals surface area contributed by atoms with Crippen molar-refractivity contribution in [1.82, 2.24) is 0 Å². The number of halogens is 1. The minimum absolute atomic E-state index is 0.00485. The van der Waals surface area contributed by atoms with Gasteiger partial charge in [-0.3, -0.25) is 4.79 Å². The summed E-state index contributed by atoms with van der Waals surface area (Å²) in [4.78, 5) is 15.3. The van der Waals surface area contributed by atoms with E-state index in [1.807, 2.05) is 42.5 Å². The summed E-state index contributed by atoms with van der Waals surface area (Å²) in [7, 11) is 0. The van der Waals surface area contributed by atoms with Gasteiger partial charge in [0.15, 0.2) is 0 Å². The second kappa shape index (κ2) is 13.3. The highest BCUT2D eigenvalue weighted by Crippen LogP contribution is 2.49. The number of anilines is 1. The van der Waals surface area contributed by atoms with E-state index in [2.05, 4.69) is 6.92 Å². The van der Waals surface area contributed by atoms with Crippen molar-refractivity contribution < 1.29 is 39.5 Å². The third-order valence-electron chi connectivity index (χ3n) is 9.41. The zero-order valence-electron chi connectivity index (χ0n) is 25.4. The molecule has 2 aliphatic rings. The summed E-state index contributed by atoms with van der Waals surface area (Å²) in [5, 5.41) is 51.6. The van der Waals surface area contributed by atoms with Crippen molar-refractivity contribution in [3.63, 3.8) is 0 Å². The minimum Gasteiger partial charge on any atom is -0.508 e.